The van der Waals surface area contributed by atoms with E-state index in [0.29, 0.717) is 45.3 Å². The first-order valence-electron chi connectivity index (χ1n) is 10.3. The van der Waals surface area contributed by atoms with Crippen molar-refractivity contribution in [2.24, 2.45) is 5.92 Å². The molecule has 1 amide bonds. The SMILES string of the molecule is COCc1ccc(CN2CC(=O)N(CC(C)C)CC(OCc3ccccc3)C2)o1. The van der Waals surface area contributed by atoms with Gasteiger partial charge in [-0.3, -0.25) is 9.69 Å². The van der Waals surface area contributed by atoms with E-state index in [2.05, 4.69) is 30.9 Å². The molecule has 29 heavy (non-hydrogen) atoms. The molecule has 1 aromatic heterocycles. The lowest BCUT2D eigenvalue weighted by molar-refractivity contribution is -0.132. The molecular weight excluding hydrogens is 368 g/mol. The number of ether oxygens (including phenoxy) is 2. The second kappa shape index (κ2) is 10.6. The molecule has 0 aliphatic carbocycles. The van der Waals surface area contributed by atoms with Gasteiger partial charge in [0.25, 0.3) is 0 Å². The van der Waals surface area contributed by atoms with Gasteiger partial charge in [-0.25, -0.2) is 0 Å². The fourth-order valence-corrected chi connectivity index (χ4v) is 3.63. The lowest BCUT2D eigenvalue weighted by atomic mass is 10.2. The molecule has 1 saturated heterocycles. The molecule has 158 valence electrons. The van der Waals surface area contributed by atoms with Gasteiger partial charge in [-0.1, -0.05) is 44.2 Å². The molecule has 0 bridgehead atoms. The maximum absolute atomic E-state index is 12.9. The van der Waals surface area contributed by atoms with E-state index in [9.17, 15) is 4.79 Å². The summed E-state index contributed by atoms with van der Waals surface area (Å²) in [6, 6.07) is 14.0. The Morgan fingerprint density at radius 3 is 2.55 bits per heavy atom. The number of amides is 1. The molecule has 1 aromatic carbocycles. The Hall–Kier alpha value is -2.15. The summed E-state index contributed by atoms with van der Waals surface area (Å²) in [5, 5.41) is 0. The highest BCUT2D eigenvalue weighted by Crippen LogP contribution is 2.17. The van der Waals surface area contributed by atoms with Crippen LogP contribution in [0.5, 0.6) is 0 Å². The van der Waals surface area contributed by atoms with Gasteiger partial charge in [0.1, 0.15) is 18.1 Å². The predicted octanol–water partition coefficient (Wildman–Crippen LogP) is 3.31. The Balaban J connectivity index is 1.67. The number of nitrogens with zero attached hydrogens (tertiary/aromatic N) is 2. The van der Waals surface area contributed by atoms with Crippen molar-refractivity contribution in [2.45, 2.75) is 39.7 Å². The van der Waals surface area contributed by atoms with Crippen molar-refractivity contribution in [3.8, 4) is 0 Å². The summed E-state index contributed by atoms with van der Waals surface area (Å²) in [5.41, 5.74) is 1.14. The van der Waals surface area contributed by atoms with Gasteiger partial charge in [0, 0.05) is 26.7 Å². The largest absolute Gasteiger partial charge is 0.462 e. The lowest BCUT2D eigenvalue weighted by Gasteiger charge is -2.26. The molecule has 0 radical (unpaired) electrons. The maximum Gasteiger partial charge on any atom is 0.236 e. The zero-order valence-corrected chi connectivity index (χ0v) is 17.7. The van der Waals surface area contributed by atoms with Crippen LogP contribution in [-0.2, 0) is 34.0 Å². The second-order valence-electron chi connectivity index (χ2n) is 8.08. The molecule has 0 spiro atoms. The summed E-state index contributed by atoms with van der Waals surface area (Å²) >= 11 is 0. The topological polar surface area (TPSA) is 55.2 Å². The van der Waals surface area contributed by atoms with Crippen LogP contribution in [0.25, 0.3) is 0 Å². The average molecular weight is 401 g/mol. The number of hydrogen-bond acceptors (Lipinski definition) is 5. The number of carbonyl (C=O) groups excluding carboxylic acids is 1. The highest BCUT2D eigenvalue weighted by molar-refractivity contribution is 5.78. The minimum atomic E-state index is -0.0474. The van der Waals surface area contributed by atoms with E-state index in [1.165, 1.54) is 0 Å². The molecule has 0 N–H and O–H groups in total. The van der Waals surface area contributed by atoms with E-state index in [1.54, 1.807) is 7.11 Å². The number of hydrogen-bond donors (Lipinski definition) is 0. The number of carbonyl (C=O) groups is 1. The second-order valence-corrected chi connectivity index (χ2v) is 8.08. The van der Waals surface area contributed by atoms with Gasteiger partial charge in [0.05, 0.1) is 25.8 Å². The fraction of sp³-hybridized carbons (Fsp3) is 0.522. The Bertz CT molecular complexity index is 759. The summed E-state index contributed by atoms with van der Waals surface area (Å²) in [6.45, 7) is 8.27. The van der Waals surface area contributed by atoms with Crippen molar-refractivity contribution in [3.05, 3.63) is 59.5 Å². The zero-order valence-electron chi connectivity index (χ0n) is 17.7. The molecule has 2 aromatic rings. The van der Waals surface area contributed by atoms with Gasteiger partial charge in [-0.2, -0.15) is 0 Å². The van der Waals surface area contributed by atoms with Crippen molar-refractivity contribution in [1.82, 2.24) is 9.80 Å². The first-order chi connectivity index (χ1) is 14.0. The first-order valence-corrected chi connectivity index (χ1v) is 10.3. The number of furan rings is 1. The third-order valence-electron chi connectivity index (χ3n) is 4.89. The van der Waals surface area contributed by atoms with Crippen molar-refractivity contribution in [2.75, 3.05) is 33.3 Å². The fourth-order valence-electron chi connectivity index (χ4n) is 3.63. The number of methoxy groups -OCH3 is 1. The molecule has 1 unspecified atom stereocenters. The van der Waals surface area contributed by atoms with E-state index >= 15 is 0 Å². The molecule has 1 aliphatic rings. The third kappa shape index (κ3) is 6.70. The van der Waals surface area contributed by atoms with Crippen LogP contribution in [0.15, 0.2) is 46.9 Å². The van der Waals surface area contributed by atoms with Crippen LogP contribution in [0.4, 0.5) is 0 Å². The summed E-state index contributed by atoms with van der Waals surface area (Å²) in [4.78, 5) is 16.9. The summed E-state index contributed by atoms with van der Waals surface area (Å²) in [5.74, 6) is 2.20. The average Bonchev–Trinajstić information content (AvgIpc) is 3.07. The molecule has 3 rings (SSSR count). The third-order valence-corrected chi connectivity index (χ3v) is 4.89. The molecule has 1 aliphatic heterocycles. The standard InChI is InChI=1S/C23H32N2O4/c1-18(2)11-25-14-22(28-16-19-7-5-4-6-8-19)13-24(15-23(25)26)12-20-9-10-21(29-20)17-27-3/h4-10,18,22H,11-17H2,1-3H3. The minimum Gasteiger partial charge on any atom is -0.462 e. The van der Waals surface area contributed by atoms with E-state index < -0.39 is 0 Å². The predicted molar refractivity (Wildman–Crippen MR) is 111 cm³/mol. The summed E-state index contributed by atoms with van der Waals surface area (Å²) < 4.78 is 17.2. The molecule has 6 heteroatoms. The van der Waals surface area contributed by atoms with E-state index in [4.69, 9.17) is 13.9 Å². The van der Waals surface area contributed by atoms with Crippen molar-refractivity contribution in [1.29, 1.82) is 0 Å². The van der Waals surface area contributed by atoms with E-state index in [1.807, 2.05) is 35.2 Å². The van der Waals surface area contributed by atoms with Gasteiger partial charge < -0.3 is 18.8 Å². The first kappa shape index (κ1) is 21.6. The molecule has 0 saturated carbocycles. The van der Waals surface area contributed by atoms with Crippen LogP contribution in [0.3, 0.4) is 0 Å². The monoisotopic (exact) mass is 400 g/mol. The highest BCUT2D eigenvalue weighted by atomic mass is 16.5. The van der Waals surface area contributed by atoms with Crippen LogP contribution in [0, 0.1) is 5.92 Å². The number of benzene rings is 1. The van der Waals surface area contributed by atoms with Crippen LogP contribution in [-0.4, -0.2) is 55.1 Å². The Morgan fingerprint density at radius 2 is 1.83 bits per heavy atom. The highest BCUT2D eigenvalue weighted by Gasteiger charge is 2.29. The van der Waals surface area contributed by atoms with Crippen LogP contribution >= 0.6 is 0 Å². The van der Waals surface area contributed by atoms with Crippen LogP contribution in [0.2, 0.25) is 0 Å². The van der Waals surface area contributed by atoms with Gasteiger partial charge in [-0.15, -0.1) is 0 Å². The van der Waals surface area contributed by atoms with Gasteiger partial charge in [-0.05, 0) is 23.6 Å². The quantitative estimate of drug-likeness (QED) is 0.646. The van der Waals surface area contributed by atoms with Crippen molar-refractivity contribution < 1.29 is 18.7 Å². The van der Waals surface area contributed by atoms with Crippen molar-refractivity contribution >= 4 is 5.91 Å². The van der Waals surface area contributed by atoms with Crippen LogP contribution in [0.1, 0.15) is 30.9 Å². The van der Waals surface area contributed by atoms with E-state index in [0.717, 1.165) is 23.6 Å². The number of rotatable bonds is 9. The molecule has 6 nitrogen and oxygen atoms in total. The lowest BCUT2D eigenvalue weighted by Crippen LogP contribution is -2.40. The molecule has 2 heterocycles. The molecule has 1 fully saturated rings. The Morgan fingerprint density at radius 1 is 1.07 bits per heavy atom. The van der Waals surface area contributed by atoms with Gasteiger partial charge in [0.15, 0.2) is 0 Å². The normalized spacial score (nSPS) is 18.4. The van der Waals surface area contributed by atoms with Gasteiger partial charge in [0.2, 0.25) is 5.91 Å². The molecular formula is C23H32N2O4. The molecule has 1 atom stereocenters. The van der Waals surface area contributed by atoms with Crippen molar-refractivity contribution in [3.63, 3.8) is 0 Å². The Kier molecular flexibility index (Phi) is 7.86. The summed E-state index contributed by atoms with van der Waals surface area (Å²) in [6.07, 6.45) is -0.0474. The Labute approximate surface area is 173 Å². The summed E-state index contributed by atoms with van der Waals surface area (Å²) in [7, 11) is 1.65. The van der Waals surface area contributed by atoms with Crippen LogP contribution < -0.4 is 0 Å². The smallest absolute Gasteiger partial charge is 0.236 e. The van der Waals surface area contributed by atoms with Gasteiger partial charge >= 0.3 is 0 Å². The minimum absolute atomic E-state index is 0.0474. The van der Waals surface area contributed by atoms with E-state index in [-0.39, 0.29) is 12.0 Å². The maximum atomic E-state index is 12.9. The zero-order chi connectivity index (χ0) is 20.6.